The zero-order valence-corrected chi connectivity index (χ0v) is 14.6. The number of carbonyl (C=O) groups is 1. The van der Waals surface area contributed by atoms with Gasteiger partial charge in [-0.3, -0.25) is 4.79 Å². The van der Waals surface area contributed by atoms with E-state index in [-0.39, 0.29) is 11.3 Å². The summed E-state index contributed by atoms with van der Waals surface area (Å²) in [5, 5.41) is 2.91. The second kappa shape index (κ2) is 6.65. The van der Waals surface area contributed by atoms with Gasteiger partial charge in [0.05, 0.1) is 11.6 Å². The summed E-state index contributed by atoms with van der Waals surface area (Å²) in [5.41, 5.74) is 2.02. The topological polar surface area (TPSA) is 42.4 Å². The Morgan fingerprint density at radius 3 is 2.96 bits per heavy atom. The van der Waals surface area contributed by atoms with Crippen LogP contribution in [0.15, 0.2) is 35.7 Å². The summed E-state index contributed by atoms with van der Waals surface area (Å²) < 4.78 is 5.59. The van der Waals surface area contributed by atoms with Gasteiger partial charge in [-0.25, -0.2) is 4.98 Å². The third kappa shape index (κ3) is 3.23. The van der Waals surface area contributed by atoms with Crippen molar-refractivity contribution in [1.29, 1.82) is 0 Å². The fraction of sp³-hybridized carbons (Fsp3) is 0.474. The number of hydrogen-bond acceptors (Lipinski definition) is 4. The van der Waals surface area contributed by atoms with Crippen LogP contribution < -0.4 is 0 Å². The number of aromatic nitrogens is 1. The molecule has 2 aromatic rings. The first-order valence-corrected chi connectivity index (χ1v) is 9.47. The van der Waals surface area contributed by atoms with Gasteiger partial charge in [0.15, 0.2) is 0 Å². The zero-order valence-electron chi connectivity index (χ0n) is 13.7. The van der Waals surface area contributed by atoms with Crippen molar-refractivity contribution in [2.75, 3.05) is 26.3 Å². The van der Waals surface area contributed by atoms with Crippen LogP contribution in [0.2, 0.25) is 0 Å². The van der Waals surface area contributed by atoms with E-state index in [0.29, 0.717) is 5.69 Å². The number of piperidine rings is 1. The zero-order chi connectivity index (χ0) is 16.4. The van der Waals surface area contributed by atoms with E-state index in [1.54, 1.807) is 11.3 Å². The molecule has 3 heterocycles. The number of rotatable bonds is 3. The van der Waals surface area contributed by atoms with Crippen LogP contribution in [0.1, 0.15) is 40.3 Å². The van der Waals surface area contributed by atoms with Crippen LogP contribution in [0.25, 0.3) is 0 Å². The first kappa shape index (κ1) is 15.8. The van der Waals surface area contributed by atoms with Crippen LogP contribution in [0.4, 0.5) is 0 Å². The SMILES string of the molecule is O=C(c1csc(Cc2ccccc2)n1)N1CCC[C@]2(CCOC2)C1. The maximum Gasteiger partial charge on any atom is 0.273 e. The Balaban J connectivity index is 1.45. The second-order valence-corrected chi connectivity index (χ2v) is 7.86. The van der Waals surface area contributed by atoms with Crippen LogP contribution >= 0.6 is 11.3 Å². The highest BCUT2D eigenvalue weighted by Crippen LogP contribution is 2.38. The van der Waals surface area contributed by atoms with E-state index in [1.807, 2.05) is 28.5 Å². The molecule has 0 radical (unpaired) electrons. The Morgan fingerprint density at radius 2 is 2.17 bits per heavy atom. The maximum atomic E-state index is 12.8. The van der Waals surface area contributed by atoms with Gasteiger partial charge in [-0.05, 0) is 24.8 Å². The van der Waals surface area contributed by atoms with Gasteiger partial charge < -0.3 is 9.64 Å². The minimum absolute atomic E-state index is 0.0801. The van der Waals surface area contributed by atoms with Crippen molar-refractivity contribution in [3.8, 4) is 0 Å². The normalized spacial score (nSPS) is 23.8. The molecule has 2 fully saturated rings. The molecule has 4 rings (SSSR count). The van der Waals surface area contributed by atoms with E-state index < -0.39 is 0 Å². The number of amides is 1. The van der Waals surface area contributed by atoms with Gasteiger partial charge >= 0.3 is 0 Å². The van der Waals surface area contributed by atoms with Crippen LogP contribution in [0.3, 0.4) is 0 Å². The molecule has 0 N–H and O–H groups in total. The molecule has 2 aliphatic rings. The predicted molar refractivity (Wildman–Crippen MR) is 94.4 cm³/mol. The molecule has 2 saturated heterocycles. The predicted octanol–water partition coefficient (Wildman–Crippen LogP) is 3.38. The third-order valence-corrected chi connectivity index (χ3v) is 5.95. The maximum absolute atomic E-state index is 12.8. The molecule has 0 bridgehead atoms. The van der Waals surface area contributed by atoms with E-state index in [4.69, 9.17) is 4.74 Å². The minimum atomic E-state index is 0.0801. The van der Waals surface area contributed by atoms with Crippen LogP contribution in [0, 0.1) is 5.41 Å². The minimum Gasteiger partial charge on any atom is -0.381 e. The summed E-state index contributed by atoms with van der Waals surface area (Å²) in [6.07, 6.45) is 4.10. The van der Waals surface area contributed by atoms with Crippen LogP contribution in [-0.2, 0) is 11.2 Å². The fourth-order valence-electron chi connectivity index (χ4n) is 3.78. The second-order valence-electron chi connectivity index (χ2n) is 6.92. The van der Waals surface area contributed by atoms with Crippen molar-refractivity contribution in [3.63, 3.8) is 0 Å². The fourth-order valence-corrected chi connectivity index (χ4v) is 4.58. The molecule has 0 saturated carbocycles. The van der Waals surface area contributed by atoms with Crippen LogP contribution in [-0.4, -0.2) is 42.1 Å². The summed E-state index contributed by atoms with van der Waals surface area (Å²) in [5.74, 6) is 0.0801. The number of carbonyl (C=O) groups excluding carboxylic acids is 1. The van der Waals surface area contributed by atoms with E-state index in [0.717, 1.165) is 50.6 Å². The lowest BCUT2D eigenvalue weighted by atomic mass is 9.79. The van der Waals surface area contributed by atoms with Gasteiger partial charge in [-0.15, -0.1) is 11.3 Å². The van der Waals surface area contributed by atoms with Gasteiger partial charge in [-0.2, -0.15) is 0 Å². The lowest BCUT2D eigenvalue weighted by molar-refractivity contribution is 0.0458. The van der Waals surface area contributed by atoms with E-state index in [9.17, 15) is 4.79 Å². The van der Waals surface area contributed by atoms with E-state index >= 15 is 0 Å². The van der Waals surface area contributed by atoms with Crippen molar-refractivity contribution in [2.24, 2.45) is 5.41 Å². The Hall–Kier alpha value is -1.72. The van der Waals surface area contributed by atoms with Gasteiger partial charge in [-0.1, -0.05) is 30.3 Å². The summed E-state index contributed by atoms with van der Waals surface area (Å²) in [6.45, 7) is 3.29. The smallest absolute Gasteiger partial charge is 0.273 e. The highest BCUT2D eigenvalue weighted by molar-refractivity contribution is 7.09. The van der Waals surface area contributed by atoms with E-state index in [2.05, 4.69) is 17.1 Å². The summed E-state index contributed by atoms with van der Waals surface area (Å²) in [4.78, 5) is 19.4. The van der Waals surface area contributed by atoms with Crippen molar-refractivity contribution in [3.05, 3.63) is 52.0 Å². The quantitative estimate of drug-likeness (QED) is 0.859. The van der Waals surface area contributed by atoms with Crippen molar-refractivity contribution in [2.45, 2.75) is 25.7 Å². The summed E-state index contributed by atoms with van der Waals surface area (Å²) in [6, 6.07) is 10.3. The highest BCUT2D eigenvalue weighted by atomic mass is 32.1. The molecule has 5 heteroatoms. The first-order valence-electron chi connectivity index (χ1n) is 8.60. The number of nitrogens with zero attached hydrogens (tertiary/aromatic N) is 2. The molecule has 24 heavy (non-hydrogen) atoms. The summed E-state index contributed by atoms with van der Waals surface area (Å²) >= 11 is 1.58. The Morgan fingerprint density at radius 1 is 1.29 bits per heavy atom. The molecule has 1 spiro atoms. The molecule has 1 atom stereocenters. The average Bonchev–Trinajstić information content (AvgIpc) is 3.25. The molecular formula is C19H22N2O2S. The Bertz CT molecular complexity index is 707. The molecule has 126 valence electrons. The van der Waals surface area contributed by atoms with Gasteiger partial charge in [0.2, 0.25) is 0 Å². The number of thiazole rings is 1. The number of benzene rings is 1. The average molecular weight is 342 g/mol. The first-order chi connectivity index (χ1) is 11.7. The molecule has 0 unspecified atom stereocenters. The standard InChI is InChI=1S/C19H22N2O2S/c22-18(21-9-4-7-19(13-21)8-10-23-14-19)16-12-24-17(20-16)11-15-5-2-1-3-6-15/h1-3,5-6,12H,4,7-11,13-14H2/t19-/m0/s1. The van der Waals surface area contributed by atoms with Gasteiger partial charge in [0.25, 0.3) is 5.91 Å². The molecule has 0 aliphatic carbocycles. The number of likely N-dealkylation sites (tertiary alicyclic amines) is 1. The number of hydrogen-bond donors (Lipinski definition) is 0. The van der Waals surface area contributed by atoms with Gasteiger partial charge in [0, 0.05) is 36.9 Å². The van der Waals surface area contributed by atoms with Crippen LogP contribution in [0.5, 0.6) is 0 Å². The molecule has 1 aromatic carbocycles. The molecule has 1 aromatic heterocycles. The third-order valence-electron chi connectivity index (χ3n) is 5.10. The largest absolute Gasteiger partial charge is 0.381 e. The molecule has 2 aliphatic heterocycles. The van der Waals surface area contributed by atoms with Crippen molar-refractivity contribution in [1.82, 2.24) is 9.88 Å². The summed E-state index contributed by atoms with van der Waals surface area (Å²) in [7, 11) is 0. The molecule has 4 nitrogen and oxygen atoms in total. The van der Waals surface area contributed by atoms with Crippen molar-refractivity contribution >= 4 is 17.2 Å². The van der Waals surface area contributed by atoms with Crippen molar-refractivity contribution < 1.29 is 9.53 Å². The molecule has 1 amide bonds. The lowest BCUT2D eigenvalue weighted by Crippen LogP contribution is -2.46. The highest BCUT2D eigenvalue weighted by Gasteiger charge is 2.40. The van der Waals surface area contributed by atoms with Gasteiger partial charge in [0.1, 0.15) is 5.69 Å². The molecular weight excluding hydrogens is 320 g/mol. The number of ether oxygens (including phenoxy) is 1. The monoisotopic (exact) mass is 342 g/mol. The lowest BCUT2D eigenvalue weighted by Gasteiger charge is -2.39. The Kier molecular flexibility index (Phi) is 4.37. The van der Waals surface area contributed by atoms with E-state index in [1.165, 1.54) is 12.0 Å². The Labute approximate surface area is 146 Å².